The van der Waals surface area contributed by atoms with E-state index in [1.807, 2.05) is 6.92 Å². The summed E-state index contributed by atoms with van der Waals surface area (Å²) in [5, 5.41) is 3.81. The molecule has 0 saturated carbocycles. The van der Waals surface area contributed by atoms with Crippen molar-refractivity contribution in [2.75, 3.05) is 18.8 Å². The molecule has 3 unspecified atom stereocenters. The predicted molar refractivity (Wildman–Crippen MR) is 98.1 cm³/mol. The summed E-state index contributed by atoms with van der Waals surface area (Å²) >= 11 is 1.59. The van der Waals surface area contributed by atoms with Crippen LogP contribution in [0.4, 0.5) is 4.79 Å². The fourth-order valence-corrected chi connectivity index (χ4v) is 5.14. The number of rotatable bonds is 6. The van der Waals surface area contributed by atoms with Gasteiger partial charge < -0.3 is 9.73 Å². The molecular formula is C17H23N5O4S. The number of fused-ring (bicyclic) bond motifs is 3. The molecule has 3 aliphatic rings. The molecule has 0 radical (unpaired) electrons. The van der Waals surface area contributed by atoms with Crippen molar-refractivity contribution in [3.05, 3.63) is 24.2 Å². The molecule has 1 aromatic rings. The molecule has 27 heavy (non-hydrogen) atoms. The van der Waals surface area contributed by atoms with Gasteiger partial charge in [-0.15, -0.1) is 11.8 Å². The minimum absolute atomic E-state index is 0.00210. The Bertz CT molecular complexity index is 727. The van der Waals surface area contributed by atoms with Crippen LogP contribution in [0, 0.1) is 0 Å². The highest BCUT2D eigenvalue weighted by molar-refractivity contribution is 8.00. The summed E-state index contributed by atoms with van der Waals surface area (Å²) in [6.45, 7) is 2.72. The Labute approximate surface area is 161 Å². The summed E-state index contributed by atoms with van der Waals surface area (Å²) in [5.41, 5.74) is 3.06. The molecule has 0 spiro atoms. The van der Waals surface area contributed by atoms with E-state index in [-0.39, 0.29) is 42.2 Å². The van der Waals surface area contributed by atoms with Gasteiger partial charge in [0, 0.05) is 6.54 Å². The van der Waals surface area contributed by atoms with Crippen molar-refractivity contribution in [2.24, 2.45) is 0 Å². The molecule has 0 aromatic carbocycles. The van der Waals surface area contributed by atoms with Crippen molar-refractivity contribution >= 4 is 29.6 Å². The quantitative estimate of drug-likeness (QED) is 0.732. The summed E-state index contributed by atoms with van der Waals surface area (Å²) in [7, 11) is 0. The maximum Gasteiger partial charge on any atom is 0.337 e. The third-order valence-electron chi connectivity index (χ3n) is 5.01. The second kappa shape index (κ2) is 7.43. The average molecular weight is 393 g/mol. The first kappa shape index (κ1) is 18.2. The first-order chi connectivity index (χ1) is 13.1. The number of nitrogens with one attached hydrogen (secondary N) is 2. The highest BCUT2D eigenvalue weighted by Crippen LogP contribution is 2.39. The van der Waals surface area contributed by atoms with Gasteiger partial charge in [-0.2, -0.15) is 5.43 Å². The van der Waals surface area contributed by atoms with E-state index < -0.39 is 6.29 Å². The van der Waals surface area contributed by atoms with Crippen molar-refractivity contribution in [3.8, 4) is 0 Å². The van der Waals surface area contributed by atoms with Crippen LogP contribution in [-0.2, 0) is 16.1 Å². The number of carbonyl (C=O) groups excluding carboxylic acids is 3. The molecule has 3 saturated heterocycles. The van der Waals surface area contributed by atoms with Gasteiger partial charge >= 0.3 is 6.03 Å². The summed E-state index contributed by atoms with van der Waals surface area (Å²) in [6, 6.07) is 3.16. The summed E-state index contributed by atoms with van der Waals surface area (Å²) in [5.74, 6) is 1.26. The number of thioether (sulfide) groups is 1. The van der Waals surface area contributed by atoms with Gasteiger partial charge in [0.15, 0.2) is 6.29 Å². The maximum atomic E-state index is 13.0. The Balaban J connectivity index is 1.55. The number of carbonyl (C=O) groups is 3. The lowest BCUT2D eigenvalue weighted by Crippen LogP contribution is -2.65. The Hall–Kier alpha value is -2.20. The molecule has 4 rings (SSSR count). The summed E-state index contributed by atoms with van der Waals surface area (Å²) < 4.78 is 5.40. The van der Waals surface area contributed by atoms with Crippen LogP contribution in [0.1, 0.15) is 25.5 Å². The lowest BCUT2D eigenvalue weighted by atomic mass is 10.1. The number of amides is 4. The average Bonchev–Trinajstić information content (AvgIpc) is 3.38. The van der Waals surface area contributed by atoms with E-state index in [1.165, 1.54) is 5.01 Å². The Kier molecular flexibility index (Phi) is 5.00. The zero-order chi connectivity index (χ0) is 19.0. The van der Waals surface area contributed by atoms with E-state index >= 15 is 0 Å². The summed E-state index contributed by atoms with van der Waals surface area (Å²) in [6.07, 6.45) is 2.56. The van der Waals surface area contributed by atoms with Gasteiger partial charge in [-0.1, -0.05) is 6.92 Å². The molecule has 4 heterocycles. The topological polar surface area (TPSA) is 98.1 Å². The zero-order valence-electron chi connectivity index (χ0n) is 15.1. The van der Waals surface area contributed by atoms with Gasteiger partial charge in [0.1, 0.15) is 17.6 Å². The largest absolute Gasteiger partial charge is 0.467 e. The molecule has 10 heteroatoms. The first-order valence-electron chi connectivity index (χ1n) is 9.17. The monoisotopic (exact) mass is 393 g/mol. The van der Waals surface area contributed by atoms with Crippen LogP contribution in [0.5, 0.6) is 0 Å². The molecule has 4 amide bonds. The Morgan fingerprint density at radius 3 is 3.04 bits per heavy atom. The highest BCUT2D eigenvalue weighted by atomic mass is 32.2. The number of nitrogens with zero attached hydrogens (tertiary/aromatic N) is 3. The molecule has 3 aliphatic heterocycles. The van der Waals surface area contributed by atoms with Crippen LogP contribution in [0.15, 0.2) is 22.8 Å². The SMILES string of the molecule is CCCNC(=O)CN1NC2N(Cc3ccco3)C(=O)C3SCCC3N2C1=O. The second-order valence-electron chi connectivity index (χ2n) is 6.82. The molecular weight excluding hydrogens is 370 g/mol. The molecule has 2 N–H and O–H groups in total. The van der Waals surface area contributed by atoms with E-state index in [0.717, 1.165) is 18.6 Å². The third-order valence-corrected chi connectivity index (χ3v) is 6.35. The number of hydrazine groups is 1. The van der Waals surface area contributed by atoms with Gasteiger partial charge in [0.25, 0.3) is 0 Å². The number of hydrogen-bond acceptors (Lipinski definition) is 6. The van der Waals surface area contributed by atoms with E-state index in [0.29, 0.717) is 12.3 Å². The van der Waals surface area contributed by atoms with Crippen LogP contribution in [0.3, 0.4) is 0 Å². The molecule has 146 valence electrons. The lowest BCUT2D eigenvalue weighted by Gasteiger charge is -2.43. The number of hydrogen-bond donors (Lipinski definition) is 2. The van der Waals surface area contributed by atoms with Crippen LogP contribution in [-0.4, -0.2) is 69.1 Å². The van der Waals surface area contributed by atoms with Crippen molar-refractivity contribution in [1.82, 2.24) is 25.6 Å². The molecule has 0 bridgehead atoms. The van der Waals surface area contributed by atoms with Crippen LogP contribution in [0.25, 0.3) is 0 Å². The van der Waals surface area contributed by atoms with Crippen molar-refractivity contribution in [1.29, 1.82) is 0 Å². The van der Waals surface area contributed by atoms with Crippen LogP contribution in [0.2, 0.25) is 0 Å². The van der Waals surface area contributed by atoms with E-state index in [2.05, 4.69) is 10.7 Å². The molecule has 0 aliphatic carbocycles. The first-order valence-corrected chi connectivity index (χ1v) is 10.2. The van der Waals surface area contributed by atoms with E-state index in [1.54, 1.807) is 40.0 Å². The number of urea groups is 1. The third kappa shape index (κ3) is 3.27. The van der Waals surface area contributed by atoms with Gasteiger partial charge in [0.05, 0.1) is 18.8 Å². The fraction of sp³-hybridized carbons (Fsp3) is 0.588. The molecule has 1 aromatic heterocycles. The van der Waals surface area contributed by atoms with E-state index in [9.17, 15) is 14.4 Å². The van der Waals surface area contributed by atoms with Gasteiger partial charge in [-0.25, -0.2) is 9.80 Å². The fourth-order valence-electron chi connectivity index (χ4n) is 3.74. The predicted octanol–water partition coefficient (Wildman–Crippen LogP) is 0.548. The van der Waals surface area contributed by atoms with E-state index in [4.69, 9.17) is 4.42 Å². The molecule has 3 fully saturated rings. The van der Waals surface area contributed by atoms with Crippen molar-refractivity contribution in [2.45, 2.75) is 43.9 Å². The second-order valence-corrected chi connectivity index (χ2v) is 8.07. The van der Waals surface area contributed by atoms with Crippen molar-refractivity contribution in [3.63, 3.8) is 0 Å². The summed E-state index contributed by atoms with van der Waals surface area (Å²) in [4.78, 5) is 41.4. The minimum atomic E-state index is -0.603. The maximum absolute atomic E-state index is 13.0. The Morgan fingerprint density at radius 2 is 2.30 bits per heavy atom. The van der Waals surface area contributed by atoms with Crippen LogP contribution < -0.4 is 10.7 Å². The lowest BCUT2D eigenvalue weighted by molar-refractivity contribution is -0.145. The smallest absolute Gasteiger partial charge is 0.337 e. The molecule has 9 nitrogen and oxygen atoms in total. The van der Waals surface area contributed by atoms with Crippen molar-refractivity contribution < 1.29 is 18.8 Å². The van der Waals surface area contributed by atoms with Gasteiger partial charge in [-0.3, -0.25) is 19.4 Å². The molecule has 3 atom stereocenters. The Morgan fingerprint density at radius 1 is 1.44 bits per heavy atom. The standard InChI is InChI=1S/C17H23N5O4S/c1-2-6-18-13(23)10-21-17(25)22-12-5-8-27-14(12)15(24)20(16(22)19-21)9-11-4-3-7-26-11/h3-4,7,12,14,16,19H,2,5-6,8-10H2,1H3,(H,18,23). The zero-order valence-corrected chi connectivity index (χ0v) is 15.9. The normalized spacial score (nSPS) is 27.1. The van der Waals surface area contributed by atoms with Gasteiger partial charge in [-0.05, 0) is 30.7 Å². The van der Waals surface area contributed by atoms with Crippen LogP contribution >= 0.6 is 11.8 Å². The minimum Gasteiger partial charge on any atom is -0.467 e. The highest BCUT2D eigenvalue weighted by Gasteiger charge is 2.56. The number of furan rings is 1. The van der Waals surface area contributed by atoms with Gasteiger partial charge in [0.2, 0.25) is 11.8 Å².